The van der Waals surface area contributed by atoms with Gasteiger partial charge in [-0.3, -0.25) is 0 Å². The summed E-state index contributed by atoms with van der Waals surface area (Å²) >= 11 is 0. The summed E-state index contributed by atoms with van der Waals surface area (Å²) in [7, 11) is 0. The molecular formula is C10H13N. The first-order valence-corrected chi connectivity index (χ1v) is 3.62. The Morgan fingerprint density at radius 3 is 1.64 bits per heavy atom. The standard InChI is InChI=1S/C10H13N/c1-7(2)9-5-6-10(11-9)8(3)4/h5-6,11H,1,3H2,2,4H3. The fourth-order valence-electron chi connectivity index (χ4n) is 0.893. The second-order valence-electron chi connectivity index (χ2n) is 2.85. The van der Waals surface area contributed by atoms with Crippen LogP contribution < -0.4 is 0 Å². The van der Waals surface area contributed by atoms with Crippen LogP contribution in [0.5, 0.6) is 0 Å². The number of aromatic amines is 1. The molecule has 0 spiro atoms. The molecule has 0 saturated carbocycles. The average Bonchev–Trinajstić information content (AvgIpc) is 2.33. The summed E-state index contributed by atoms with van der Waals surface area (Å²) in [5.41, 5.74) is 4.28. The van der Waals surface area contributed by atoms with Crippen LogP contribution in [-0.4, -0.2) is 4.98 Å². The van der Waals surface area contributed by atoms with Crippen molar-refractivity contribution in [2.45, 2.75) is 13.8 Å². The zero-order chi connectivity index (χ0) is 8.43. The second kappa shape index (κ2) is 2.79. The third kappa shape index (κ3) is 1.61. The highest BCUT2D eigenvalue weighted by Crippen LogP contribution is 2.15. The van der Waals surface area contributed by atoms with Gasteiger partial charge in [-0.05, 0) is 37.1 Å². The van der Waals surface area contributed by atoms with Crippen LogP contribution in [0.15, 0.2) is 25.3 Å². The van der Waals surface area contributed by atoms with E-state index in [0.29, 0.717) is 0 Å². The normalized spacial score (nSPS) is 9.64. The van der Waals surface area contributed by atoms with E-state index in [4.69, 9.17) is 0 Å². The van der Waals surface area contributed by atoms with Crippen LogP contribution >= 0.6 is 0 Å². The largest absolute Gasteiger partial charge is 0.355 e. The Hall–Kier alpha value is -1.24. The summed E-state index contributed by atoms with van der Waals surface area (Å²) in [4.78, 5) is 3.21. The molecule has 1 rings (SSSR count). The van der Waals surface area contributed by atoms with Crippen LogP contribution in [0.1, 0.15) is 25.2 Å². The van der Waals surface area contributed by atoms with Gasteiger partial charge in [-0.25, -0.2) is 0 Å². The van der Waals surface area contributed by atoms with Gasteiger partial charge in [-0.15, -0.1) is 0 Å². The van der Waals surface area contributed by atoms with Crippen molar-refractivity contribution in [2.75, 3.05) is 0 Å². The van der Waals surface area contributed by atoms with Crippen molar-refractivity contribution in [3.05, 3.63) is 36.7 Å². The number of H-pyrrole nitrogens is 1. The monoisotopic (exact) mass is 147 g/mol. The molecule has 1 heteroatoms. The van der Waals surface area contributed by atoms with Crippen molar-refractivity contribution in [3.8, 4) is 0 Å². The molecule has 1 heterocycles. The van der Waals surface area contributed by atoms with Gasteiger partial charge in [0, 0.05) is 11.4 Å². The molecule has 0 fully saturated rings. The molecule has 1 aromatic rings. The van der Waals surface area contributed by atoms with E-state index in [-0.39, 0.29) is 0 Å². The molecule has 0 aliphatic carbocycles. The fourth-order valence-corrected chi connectivity index (χ4v) is 0.893. The maximum Gasteiger partial charge on any atom is 0.0408 e. The first-order chi connectivity index (χ1) is 5.11. The summed E-state index contributed by atoms with van der Waals surface area (Å²) in [6.07, 6.45) is 0. The molecule has 0 aromatic carbocycles. The van der Waals surface area contributed by atoms with Crippen LogP contribution in [0.2, 0.25) is 0 Å². The van der Waals surface area contributed by atoms with E-state index in [2.05, 4.69) is 18.1 Å². The smallest absolute Gasteiger partial charge is 0.0408 e. The molecule has 11 heavy (non-hydrogen) atoms. The Kier molecular flexibility index (Phi) is 1.99. The van der Waals surface area contributed by atoms with Gasteiger partial charge in [-0.1, -0.05) is 13.2 Å². The minimum absolute atomic E-state index is 1.05. The van der Waals surface area contributed by atoms with Gasteiger partial charge >= 0.3 is 0 Å². The van der Waals surface area contributed by atoms with E-state index in [1.807, 2.05) is 26.0 Å². The van der Waals surface area contributed by atoms with Crippen molar-refractivity contribution < 1.29 is 0 Å². The van der Waals surface area contributed by atoms with Crippen LogP contribution in [0.25, 0.3) is 11.1 Å². The summed E-state index contributed by atoms with van der Waals surface area (Å²) in [5, 5.41) is 0. The first kappa shape index (κ1) is 7.86. The van der Waals surface area contributed by atoms with Crippen LogP contribution in [0, 0.1) is 0 Å². The van der Waals surface area contributed by atoms with Crippen LogP contribution in [0.4, 0.5) is 0 Å². The molecule has 0 unspecified atom stereocenters. The van der Waals surface area contributed by atoms with E-state index in [0.717, 1.165) is 22.5 Å². The van der Waals surface area contributed by atoms with Crippen molar-refractivity contribution >= 4 is 11.1 Å². The first-order valence-electron chi connectivity index (χ1n) is 3.62. The molecule has 0 radical (unpaired) electrons. The van der Waals surface area contributed by atoms with E-state index in [1.54, 1.807) is 0 Å². The summed E-state index contributed by atoms with van der Waals surface area (Å²) in [6, 6.07) is 4.04. The minimum Gasteiger partial charge on any atom is -0.355 e. The Morgan fingerprint density at radius 1 is 1.09 bits per heavy atom. The number of aromatic nitrogens is 1. The molecule has 0 saturated heterocycles. The van der Waals surface area contributed by atoms with Gasteiger partial charge in [0.2, 0.25) is 0 Å². The Morgan fingerprint density at radius 2 is 1.45 bits per heavy atom. The van der Waals surface area contributed by atoms with Gasteiger partial charge in [0.1, 0.15) is 0 Å². The molecule has 0 aliphatic rings. The third-order valence-corrected chi connectivity index (χ3v) is 1.61. The van der Waals surface area contributed by atoms with Gasteiger partial charge < -0.3 is 4.98 Å². The Labute approximate surface area is 67.5 Å². The highest BCUT2D eigenvalue weighted by atomic mass is 14.7. The highest BCUT2D eigenvalue weighted by molar-refractivity contribution is 5.64. The number of nitrogens with one attached hydrogen (secondary N) is 1. The van der Waals surface area contributed by atoms with Gasteiger partial charge in [0.05, 0.1) is 0 Å². The van der Waals surface area contributed by atoms with Crippen LogP contribution in [-0.2, 0) is 0 Å². The number of allylic oxidation sites excluding steroid dienone is 2. The number of hydrogen-bond donors (Lipinski definition) is 1. The topological polar surface area (TPSA) is 15.8 Å². The highest BCUT2D eigenvalue weighted by Gasteiger charge is 1.97. The van der Waals surface area contributed by atoms with Crippen molar-refractivity contribution in [3.63, 3.8) is 0 Å². The third-order valence-electron chi connectivity index (χ3n) is 1.61. The number of hydrogen-bond acceptors (Lipinski definition) is 0. The van der Waals surface area contributed by atoms with E-state index in [9.17, 15) is 0 Å². The molecule has 1 N–H and O–H groups in total. The maximum absolute atomic E-state index is 3.84. The maximum atomic E-state index is 3.84. The van der Waals surface area contributed by atoms with Gasteiger partial charge in [0.15, 0.2) is 0 Å². The zero-order valence-electron chi connectivity index (χ0n) is 7.07. The van der Waals surface area contributed by atoms with Crippen molar-refractivity contribution in [1.82, 2.24) is 4.98 Å². The van der Waals surface area contributed by atoms with Crippen molar-refractivity contribution in [2.24, 2.45) is 0 Å². The Bertz CT molecular complexity index is 263. The summed E-state index contributed by atoms with van der Waals surface area (Å²) < 4.78 is 0. The minimum atomic E-state index is 1.05. The molecule has 0 amide bonds. The lowest BCUT2D eigenvalue weighted by atomic mass is 10.2. The average molecular weight is 147 g/mol. The second-order valence-corrected chi connectivity index (χ2v) is 2.85. The Balaban J connectivity index is 2.99. The van der Waals surface area contributed by atoms with Crippen molar-refractivity contribution in [1.29, 1.82) is 0 Å². The summed E-state index contributed by atoms with van der Waals surface area (Å²) in [5.74, 6) is 0. The lowest BCUT2D eigenvalue weighted by Gasteiger charge is -1.94. The molecule has 0 aliphatic heterocycles. The molecular weight excluding hydrogens is 134 g/mol. The molecule has 0 atom stereocenters. The van der Waals surface area contributed by atoms with Crippen LogP contribution in [0.3, 0.4) is 0 Å². The number of rotatable bonds is 2. The molecule has 1 nitrogen and oxygen atoms in total. The van der Waals surface area contributed by atoms with Gasteiger partial charge in [-0.2, -0.15) is 0 Å². The zero-order valence-corrected chi connectivity index (χ0v) is 7.07. The van der Waals surface area contributed by atoms with E-state index in [1.165, 1.54) is 0 Å². The lowest BCUT2D eigenvalue weighted by molar-refractivity contribution is 1.30. The molecule has 0 bridgehead atoms. The van der Waals surface area contributed by atoms with Gasteiger partial charge in [0.25, 0.3) is 0 Å². The SMILES string of the molecule is C=C(C)c1ccc(C(=C)C)[nH]1. The summed E-state index contributed by atoms with van der Waals surface area (Å²) in [6.45, 7) is 11.6. The predicted molar refractivity (Wildman–Crippen MR) is 50.2 cm³/mol. The van der Waals surface area contributed by atoms with E-state index < -0.39 is 0 Å². The quantitative estimate of drug-likeness (QED) is 0.661. The van der Waals surface area contributed by atoms with E-state index >= 15 is 0 Å². The molecule has 1 aromatic heterocycles. The fraction of sp³-hybridized carbons (Fsp3) is 0.200. The lowest BCUT2D eigenvalue weighted by Crippen LogP contribution is -1.79. The molecule has 58 valence electrons. The predicted octanol–water partition coefficient (Wildman–Crippen LogP) is 3.08.